The maximum atomic E-state index is 13.1. The van der Waals surface area contributed by atoms with Gasteiger partial charge < -0.3 is 15.0 Å². The van der Waals surface area contributed by atoms with Gasteiger partial charge in [-0.25, -0.2) is 8.42 Å². The van der Waals surface area contributed by atoms with E-state index in [0.717, 1.165) is 10.7 Å². The number of carbonyl (C=O) groups excluding carboxylic acids is 2. The molecule has 30 heavy (non-hydrogen) atoms. The molecule has 1 atom stereocenters. The molecule has 1 N–H and O–H groups in total. The summed E-state index contributed by atoms with van der Waals surface area (Å²) in [5.74, 6) is -0.320. The number of nitrogens with zero attached hydrogens (tertiary/aromatic N) is 2. The fourth-order valence-electron chi connectivity index (χ4n) is 3.51. The van der Waals surface area contributed by atoms with Crippen LogP contribution in [0.5, 0.6) is 0 Å². The summed E-state index contributed by atoms with van der Waals surface area (Å²) in [6, 6.07) is 7.97. The Labute approximate surface area is 179 Å². The molecule has 0 aliphatic carbocycles. The van der Waals surface area contributed by atoms with Gasteiger partial charge in [0.05, 0.1) is 11.4 Å². The molecular formula is C21H33N3O5S. The number of hydrogen-bond acceptors (Lipinski definition) is 5. The molecule has 0 radical (unpaired) electrons. The molecule has 1 fully saturated rings. The Morgan fingerprint density at radius 3 is 2.53 bits per heavy atom. The monoisotopic (exact) mass is 439 g/mol. The van der Waals surface area contributed by atoms with Crippen LogP contribution in [0.2, 0.25) is 0 Å². The second kappa shape index (κ2) is 10.4. The van der Waals surface area contributed by atoms with Crippen LogP contribution in [0.25, 0.3) is 0 Å². The number of ether oxygens (including phenoxy) is 1. The average molecular weight is 440 g/mol. The summed E-state index contributed by atoms with van der Waals surface area (Å²) in [6.45, 7) is 6.59. The van der Waals surface area contributed by atoms with E-state index in [1.54, 1.807) is 32.2 Å². The molecule has 1 aromatic carbocycles. The molecule has 0 unspecified atom stereocenters. The number of nitrogens with one attached hydrogen (secondary N) is 1. The van der Waals surface area contributed by atoms with E-state index in [0.29, 0.717) is 32.0 Å². The van der Waals surface area contributed by atoms with Gasteiger partial charge >= 0.3 is 0 Å². The minimum atomic E-state index is -3.90. The Morgan fingerprint density at radius 2 is 1.93 bits per heavy atom. The fraction of sp³-hybridized carbons (Fsp3) is 0.619. The van der Waals surface area contributed by atoms with Crippen LogP contribution >= 0.6 is 0 Å². The minimum Gasteiger partial charge on any atom is -0.385 e. The summed E-state index contributed by atoms with van der Waals surface area (Å²) in [5.41, 5.74) is -1.30. The summed E-state index contributed by atoms with van der Waals surface area (Å²) in [6.07, 6.45) is 1.36. The summed E-state index contributed by atoms with van der Waals surface area (Å²) < 4.78 is 32.4. The summed E-state index contributed by atoms with van der Waals surface area (Å²) in [4.78, 5) is 27.7. The lowest BCUT2D eigenvalue weighted by atomic mass is 9.95. The Morgan fingerprint density at radius 1 is 1.27 bits per heavy atom. The van der Waals surface area contributed by atoms with Gasteiger partial charge in [-0.15, -0.1) is 0 Å². The van der Waals surface area contributed by atoms with Gasteiger partial charge in [0, 0.05) is 33.4 Å². The van der Waals surface area contributed by atoms with Crippen LogP contribution in [-0.4, -0.2) is 74.9 Å². The third kappa shape index (κ3) is 5.59. The van der Waals surface area contributed by atoms with Crippen molar-refractivity contribution in [1.29, 1.82) is 0 Å². The second-order valence-corrected chi connectivity index (χ2v) is 10.1. The molecule has 1 heterocycles. The van der Waals surface area contributed by atoms with E-state index in [9.17, 15) is 18.0 Å². The first-order valence-electron chi connectivity index (χ1n) is 10.3. The van der Waals surface area contributed by atoms with Crippen molar-refractivity contribution in [2.45, 2.75) is 44.0 Å². The fourth-order valence-corrected chi connectivity index (χ4v) is 5.01. The molecule has 1 aromatic rings. The quantitative estimate of drug-likeness (QED) is 0.557. The molecule has 0 bridgehead atoms. The second-order valence-electron chi connectivity index (χ2n) is 8.19. The Kier molecular flexibility index (Phi) is 8.40. The Hall–Kier alpha value is -1.97. The van der Waals surface area contributed by atoms with Gasteiger partial charge in [-0.05, 0) is 37.8 Å². The molecular weight excluding hydrogens is 406 g/mol. The van der Waals surface area contributed by atoms with E-state index in [1.807, 2.05) is 0 Å². The van der Waals surface area contributed by atoms with E-state index in [-0.39, 0.29) is 23.9 Å². The van der Waals surface area contributed by atoms with Gasteiger partial charge in [0.1, 0.15) is 5.54 Å². The highest BCUT2D eigenvalue weighted by molar-refractivity contribution is 7.89. The highest BCUT2D eigenvalue weighted by Crippen LogP contribution is 2.28. The standard InChI is InChI=1S/C21H33N3O5S/c1-17(2)11-12-22-20(26)21(3)16-23(15-19(25)24(21)13-8-14-29-4)30(27,28)18-9-6-5-7-10-18/h5-7,9-10,17H,8,11-16H2,1-4H3,(H,22,26)/t21-/m1/s1. The zero-order valence-electron chi connectivity index (χ0n) is 18.3. The van der Waals surface area contributed by atoms with Gasteiger partial charge in [-0.3, -0.25) is 9.59 Å². The third-order valence-corrected chi connectivity index (χ3v) is 7.11. The van der Waals surface area contributed by atoms with Crippen molar-refractivity contribution in [2.24, 2.45) is 5.92 Å². The zero-order chi connectivity index (χ0) is 22.4. The first kappa shape index (κ1) is 24.3. The van der Waals surface area contributed by atoms with Crippen LogP contribution in [-0.2, 0) is 24.3 Å². The van der Waals surface area contributed by atoms with E-state index in [1.165, 1.54) is 17.0 Å². The number of sulfonamides is 1. The number of piperazine rings is 1. The number of amides is 2. The Bertz CT molecular complexity index is 828. The van der Waals surface area contributed by atoms with Crippen molar-refractivity contribution in [3.05, 3.63) is 30.3 Å². The topological polar surface area (TPSA) is 96.0 Å². The van der Waals surface area contributed by atoms with Gasteiger partial charge in [-0.2, -0.15) is 4.31 Å². The van der Waals surface area contributed by atoms with E-state index < -0.39 is 21.5 Å². The van der Waals surface area contributed by atoms with Crippen LogP contribution in [0, 0.1) is 5.92 Å². The molecule has 1 aliphatic heterocycles. The zero-order valence-corrected chi connectivity index (χ0v) is 19.1. The van der Waals surface area contributed by atoms with Gasteiger partial charge in [-0.1, -0.05) is 32.0 Å². The molecule has 1 saturated heterocycles. The van der Waals surface area contributed by atoms with Crippen molar-refractivity contribution in [1.82, 2.24) is 14.5 Å². The third-order valence-electron chi connectivity index (χ3n) is 5.30. The number of methoxy groups -OCH3 is 1. The van der Waals surface area contributed by atoms with Crippen LogP contribution in [0.1, 0.15) is 33.6 Å². The maximum absolute atomic E-state index is 13.1. The smallest absolute Gasteiger partial charge is 0.247 e. The number of benzene rings is 1. The lowest BCUT2D eigenvalue weighted by Gasteiger charge is -2.46. The predicted molar refractivity (Wildman–Crippen MR) is 114 cm³/mol. The SMILES string of the molecule is COCCCN1C(=O)CN(S(=O)(=O)c2ccccc2)C[C@]1(C)C(=O)NCCC(C)C. The molecule has 9 heteroatoms. The van der Waals surface area contributed by atoms with Gasteiger partial charge in [0.15, 0.2) is 0 Å². The number of carbonyl (C=O) groups is 2. The number of hydrogen-bond donors (Lipinski definition) is 1. The molecule has 0 saturated carbocycles. The lowest BCUT2D eigenvalue weighted by Crippen LogP contribution is -2.69. The largest absolute Gasteiger partial charge is 0.385 e. The molecule has 2 rings (SSSR count). The summed E-state index contributed by atoms with van der Waals surface area (Å²) in [7, 11) is -2.33. The average Bonchev–Trinajstić information content (AvgIpc) is 2.70. The Balaban J connectivity index is 2.31. The van der Waals surface area contributed by atoms with Gasteiger partial charge in [0.2, 0.25) is 21.8 Å². The van der Waals surface area contributed by atoms with Crippen molar-refractivity contribution >= 4 is 21.8 Å². The molecule has 1 aliphatic rings. The highest BCUT2D eigenvalue weighted by Gasteiger charge is 2.50. The van der Waals surface area contributed by atoms with Crippen molar-refractivity contribution < 1.29 is 22.7 Å². The molecule has 0 spiro atoms. The van der Waals surface area contributed by atoms with E-state index in [2.05, 4.69) is 19.2 Å². The first-order chi connectivity index (χ1) is 14.1. The van der Waals surface area contributed by atoms with Crippen LogP contribution in [0.4, 0.5) is 0 Å². The minimum absolute atomic E-state index is 0.101. The van der Waals surface area contributed by atoms with Crippen LogP contribution in [0.3, 0.4) is 0 Å². The number of rotatable bonds is 10. The summed E-state index contributed by atoms with van der Waals surface area (Å²) in [5, 5.41) is 2.89. The van der Waals surface area contributed by atoms with E-state index >= 15 is 0 Å². The molecule has 8 nitrogen and oxygen atoms in total. The highest BCUT2D eigenvalue weighted by atomic mass is 32.2. The normalized spacial score (nSPS) is 20.6. The first-order valence-corrected chi connectivity index (χ1v) is 11.7. The maximum Gasteiger partial charge on any atom is 0.247 e. The lowest BCUT2D eigenvalue weighted by molar-refractivity contribution is -0.152. The predicted octanol–water partition coefficient (Wildman–Crippen LogP) is 1.48. The summed E-state index contributed by atoms with van der Waals surface area (Å²) >= 11 is 0. The van der Waals surface area contributed by atoms with Crippen molar-refractivity contribution in [2.75, 3.05) is 39.9 Å². The van der Waals surface area contributed by atoms with E-state index in [4.69, 9.17) is 4.74 Å². The van der Waals surface area contributed by atoms with Crippen molar-refractivity contribution in [3.8, 4) is 0 Å². The van der Waals surface area contributed by atoms with Gasteiger partial charge in [0.25, 0.3) is 0 Å². The van der Waals surface area contributed by atoms with Crippen LogP contribution in [0.15, 0.2) is 35.2 Å². The van der Waals surface area contributed by atoms with Crippen LogP contribution < -0.4 is 5.32 Å². The molecule has 2 amide bonds. The molecule has 168 valence electrons. The van der Waals surface area contributed by atoms with Crippen molar-refractivity contribution in [3.63, 3.8) is 0 Å². The molecule has 0 aromatic heterocycles.